The van der Waals surface area contributed by atoms with E-state index < -0.39 is 16.4 Å². The van der Waals surface area contributed by atoms with Crippen molar-refractivity contribution >= 4 is 23.5 Å². The second-order valence-electron chi connectivity index (χ2n) is 3.61. The molecule has 0 heterocycles. The molecule has 0 radical (unpaired) electrons. The van der Waals surface area contributed by atoms with Gasteiger partial charge in [-0.05, 0) is 30.2 Å². The average molecular weight is 240 g/mol. The van der Waals surface area contributed by atoms with Gasteiger partial charge in [0.1, 0.15) is 0 Å². The van der Waals surface area contributed by atoms with Gasteiger partial charge in [0.15, 0.2) is 0 Å². The quantitative estimate of drug-likeness (QED) is 0.459. The highest BCUT2D eigenvalue weighted by molar-refractivity contribution is 6.31. The van der Waals surface area contributed by atoms with E-state index in [9.17, 15) is 15.2 Å². The zero-order valence-corrected chi connectivity index (χ0v) is 8.98. The molecule has 1 fully saturated rings. The van der Waals surface area contributed by atoms with Crippen molar-refractivity contribution in [1.82, 2.24) is 0 Å². The van der Waals surface area contributed by atoms with E-state index in [4.69, 9.17) is 11.6 Å². The Balaban J connectivity index is 2.39. The Bertz CT molecular complexity index is 469. The molecular weight excluding hydrogens is 232 g/mol. The lowest BCUT2D eigenvalue weighted by molar-refractivity contribution is -0.398. The number of aliphatic imine (C=N–C) groups is 1. The van der Waals surface area contributed by atoms with Gasteiger partial charge in [-0.2, -0.15) is 0 Å². The summed E-state index contributed by atoms with van der Waals surface area (Å²) in [6, 6.07) is 2.71. The van der Waals surface area contributed by atoms with Crippen LogP contribution in [0.5, 0.6) is 5.75 Å². The minimum Gasteiger partial charge on any atom is -0.867 e. The summed E-state index contributed by atoms with van der Waals surface area (Å²) in [5, 5.41) is 22.4. The van der Waals surface area contributed by atoms with Crippen LogP contribution in [-0.2, 0) is 0 Å². The van der Waals surface area contributed by atoms with Crippen LogP contribution in [0, 0.1) is 10.1 Å². The maximum atomic E-state index is 11.6. The lowest BCUT2D eigenvalue weighted by atomic mass is 10.2. The zero-order chi connectivity index (χ0) is 11.7. The first-order valence-electron chi connectivity index (χ1n) is 4.76. The van der Waals surface area contributed by atoms with Crippen LogP contribution in [0.4, 0.5) is 5.69 Å². The fourth-order valence-corrected chi connectivity index (χ4v) is 1.46. The highest BCUT2D eigenvalue weighted by Gasteiger charge is 2.19. The topological polar surface area (TPSA) is 78.6 Å². The van der Waals surface area contributed by atoms with Crippen LogP contribution in [-0.4, -0.2) is 17.2 Å². The van der Waals surface area contributed by atoms with Crippen molar-refractivity contribution < 1.29 is 10.0 Å². The van der Waals surface area contributed by atoms with E-state index in [1.807, 2.05) is 0 Å². The van der Waals surface area contributed by atoms with Crippen LogP contribution in [0.1, 0.15) is 18.4 Å². The van der Waals surface area contributed by atoms with Gasteiger partial charge in [-0.3, -0.25) is 15.1 Å². The first kappa shape index (κ1) is 10.9. The number of rotatable bonds is 3. The molecule has 0 atom stereocenters. The van der Waals surface area contributed by atoms with Crippen molar-refractivity contribution in [2.24, 2.45) is 4.99 Å². The maximum Gasteiger partial charge on any atom is 0.263 e. The van der Waals surface area contributed by atoms with Crippen molar-refractivity contribution in [3.8, 4) is 5.75 Å². The van der Waals surface area contributed by atoms with Gasteiger partial charge in [-0.25, -0.2) is 0 Å². The molecule has 0 unspecified atom stereocenters. The molecular formula is C10H8ClN2O3-. The molecule has 0 saturated heterocycles. The normalized spacial score (nSPS) is 15.6. The fourth-order valence-electron chi connectivity index (χ4n) is 1.24. The summed E-state index contributed by atoms with van der Waals surface area (Å²) < 4.78 is 0. The Kier molecular flexibility index (Phi) is 2.78. The van der Waals surface area contributed by atoms with Gasteiger partial charge in [0.2, 0.25) is 0 Å². The van der Waals surface area contributed by atoms with E-state index in [2.05, 4.69) is 4.99 Å². The standard InChI is InChI=1S/C10H9ClN2O3/c11-7-3-6(5-12-8-1-2-8)10(14)9(4-7)13(15)16/h3-5,8,14H,1-2H2/p-1. The molecule has 6 heteroatoms. The molecule has 1 aliphatic rings. The number of nitrogens with zero attached hydrogens (tertiary/aromatic N) is 2. The number of benzene rings is 1. The lowest BCUT2D eigenvalue weighted by Gasteiger charge is -2.10. The Labute approximate surface area is 96.5 Å². The fraction of sp³-hybridized carbons (Fsp3) is 0.300. The molecule has 5 nitrogen and oxygen atoms in total. The Morgan fingerprint density at radius 3 is 2.75 bits per heavy atom. The summed E-state index contributed by atoms with van der Waals surface area (Å²) in [5.74, 6) is -0.640. The maximum absolute atomic E-state index is 11.6. The molecule has 1 aliphatic carbocycles. The third-order valence-corrected chi connectivity index (χ3v) is 2.45. The number of hydrogen-bond donors (Lipinski definition) is 0. The van der Waals surface area contributed by atoms with Crippen LogP contribution in [0.15, 0.2) is 17.1 Å². The second kappa shape index (κ2) is 4.09. The zero-order valence-electron chi connectivity index (χ0n) is 8.22. The predicted molar refractivity (Wildman–Crippen MR) is 58.2 cm³/mol. The molecule has 0 N–H and O–H groups in total. The number of nitro benzene ring substituents is 1. The van der Waals surface area contributed by atoms with Gasteiger partial charge in [0.05, 0.1) is 11.0 Å². The van der Waals surface area contributed by atoms with E-state index in [1.165, 1.54) is 12.3 Å². The molecule has 16 heavy (non-hydrogen) atoms. The van der Waals surface area contributed by atoms with Crippen molar-refractivity contribution in [2.75, 3.05) is 0 Å². The molecule has 0 spiro atoms. The summed E-state index contributed by atoms with van der Waals surface area (Å²) in [5.41, 5.74) is -0.337. The van der Waals surface area contributed by atoms with Crippen LogP contribution in [0.25, 0.3) is 0 Å². The van der Waals surface area contributed by atoms with Gasteiger partial charge >= 0.3 is 0 Å². The van der Waals surface area contributed by atoms with E-state index in [0.717, 1.165) is 18.9 Å². The van der Waals surface area contributed by atoms with Crippen LogP contribution in [0.2, 0.25) is 5.02 Å². The van der Waals surface area contributed by atoms with Crippen molar-refractivity contribution in [3.63, 3.8) is 0 Å². The van der Waals surface area contributed by atoms with Crippen molar-refractivity contribution in [2.45, 2.75) is 18.9 Å². The number of hydrogen-bond acceptors (Lipinski definition) is 4. The highest BCUT2D eigenvalue weighted by Crippen LogP contribution is 2.31. The summed E-state index contributed by atoms with van der Waals surface area (Å²) in [6.07, 6.45) is 3.39. The number of nitro groups is 1. The lowest BCUT2D eigenvalue weighted by Crippen LogP contribution is -2.02. The summed E-state index contributed by atoms with van der Waals surface area (Å²) >= 11 is 5.69. The summed E-state index contributed by atoms with van der Waals surface area (Å²) in [7, 11) is 0. The largest absolute Gasteiger partial charge is 0.867 e. The van der Waals surface area contributed by atoms with Crippen LogP contribution < -0.4 is 5.11 Å². The minimum absolute atomic E-state index is 0.170. The average Bonchev–Trinajstić information content (AvgIpc) is 3.02. The molecule has 84 valence electrons. The highest BCUT2D eigenvalue weighted by atomic mass is 35.5. The smallest absolute Gasteiger partial charge is 0.263 e. The monoisotopic (exact) mass is 239 g/mol. The molecule has 2 rings (SSSR count). The third kappa shape index (κ3) is 2.30. The Hall–Kier alpha value is -1.62. The van der Waals surface area contributed by atoms with Crippen LogP contribution in [0.3, 0.4) is 0 Å². The van der Waals surface area contributed by atoms with Gasteiger partial charge in [0.25, 0.3) is 5.69 Å². The van der Waals surface area contributed by atoms with E-state index >= 15 is 0 Å². The third-order valence-electron chi connectivity index (χ3n) is 2.23. The van der Waals surface area contributed by atoms with Gasteiger partial charge in [-0.1, -0.05) is 11.6 Å². The predicted octanol–water partition coefficient (Wildman–Crippen LogP) is 1.90. The summed E-state index contributed by atoms with van der Waals surface area (Å²) in [6.45, 7) is 0. The molecule has 0 amide bonds. The Morgan fingerprint density at radius 1 is 1.50 bits per heavy atom. The molecule has 0 aromatic heterocycles. The minimum atomic E-state index is -0.733. The molecule has 1 saturated carbocycles. The first-order chi connectivity index (χ1) is 7.58. The number of halogens is 1. The molecule has 1 aromatic carbocycles. The van der Waals surface area contributed by atoms with E-state index in [0.29, 0.717) is 0 Å². The van der Waals surface area contributed by atoms with Crippen LogP contribution >= 0.6 is 11.6 Å². The van der Waals surface area contributed by atoms with E-state index in [1.54, 1.807) is 0 Å². The molecule has 0 bridgehead atoms. The molecule has 1 aromatic rings. The van der Waals surface area contributed by atoms with Gasteiger partial charge in [-0.15, -0.1) is 0 Å². The second-order valence-corrected chi connectivity index (χ2v) is 4.05. The molecule has 0 aliphatic heterocycles. The Morgan fingerprint density at radius 2 is 2.19 bits per heavy atom. The van der Waals surface area contributed by atoms with Gasteiger partial charge < -0.3 is 5.11 Å². The SMILES string of the molecule is O=[N+]([O-])c1cc(Cl)cc(C=NC2CC2)c1[O-]. The van der Waals surface area contributed by atoms with E-state index in [-0.39, 0.29) is 16.6 Å². The van der Waals surface area contributed by atoms with Crippen molar-refractivity contribution in [1.29, 1.82) is 0 Å². The van der Waals surface area contributed by atoms with Crippen molar-refractivity contribution in [3.05, 3.63) is 32.8 Å². The summed E-state index contributed by atoms with van der Waals surface area (Å²) in [4.78, 5) is 13.9. The first-order valence-corrected chi connectivity index (χ1v) is 5.14. The van der Waals surface area contributed by atoms with Gasteiger partial charge in [0, 0.05) is 17.3 Å².